The highest BCUT2D eigenvalue weighted by Gasteiger charge is 2.27. The van der Waals surface area contributed by atoms with Gasteiger partial charge in [-0.15, -0.1) is 0 Å². The molecule has 2 fully saturated rings. The number of hydrogen-bond donors (Lipinski definition) is 0. The van der Waals surface area contributed by atoms with E-state index in [-0.39, 0.29) is 18.6 Å². The SMILES string of the molecule is CC1c2cc(OOCc3ccc(OCCCCOCC4CO4)nc3)ccc2-c2ccc(OC(=O)c3ccc(OCCCCOCC4CO4)nc3)cc21. The number of pyridine rings is 2. The molecule has 0 amide bonds. The number of fused-ring (bicyclic) bond motifs is 3. The fraction of sp³-hybridized carbons (Fsp3) is 0.425. The van der Waals surface area contributed by atoms with Crippen molar-refractivity contribution in [1.82, 2.24) is 9.97 Å². The van der Waals surface area contributed by atoms with Crippen molar-refractivity contribution in [3.8, 4) is 34.4 Å². The van der Waals surface area contributed by atoms with E-state index in [2.05, 4.69) is 16.9 Å². The fourth-order valence-electron chi connectivity index (χ4n) is 5.80. The van der Waals surface area contributed by atoms with Gasteiger partial charge in [0.2, 0.25) is 11.8 Å². The van der Waals surface area contributed by atoms with Gasteiger partial charge in [0.15, 0.2) is 5.75 Å². The zero-order chi connectivity index (χ0) is 35.5. The van der Waals surface area contributed by atoms with Crippen molar-refractivity contribution in [2.75, 3.05) is 52.9 Å². The maximum atomic E-state index is 12.9. The van der Waals surface area contributed by atoms with Gasteiger partial charge in [-0.1, -0.05) is 19.1 Å². The van der Waals surface area contributed by atoms with Crippen molar-refractivity contribution in [1.29, 1.82) is 0 Å². The average Bonchev–Trinajstić information content (AvgIpc) is 4.12. The van der Waals surface area contributed by atoms with Crippen LogP contribution in [-0.4, -0.2) is 81.0 Å². The Labute approximate surface area is 303 Å². The summed E-state index contributed by atoms with van der Waals surface area (Å²) in [6.07, 6.45) is 7.34. The minimum absolute atomic E-state index is 0.0608. The van der Waals surface area contributed by atoms with E-state index in [1.807, 2.05) is 48.5 Å². The maximum Gasteiger partial charge on any atom is 0.345 e. The van der Waals surface area contributed by atoms with Crippen molar-refractivity contribution < 1.29 is 47.7 Å². The lowest BCUT2D eigenvalue weighted by Crippen LogP contribution is -2.09. The third-order valence-electron chi connectivity index (χ3n) is 8.91. The van der Waals surface area contributed by atoms with Crippen LogP contribution < -0.4 is 19.1 Å². The molecular formula is C40H44N2O10. The van der Waals surface area contributed by atoms with E-state index in [4.69, 9.17) is 42.9 Å². The van der Waals surface area contributed by atoms with E-state index >= 15 is 0 Å². The van der Waals surface area contributed by atoms with Gasteiger partial charge < -0.3 is 38.0 Å². The molecule has 12 heteroatoms. The van der Waals surface area contributed by atoms with Gasteiger partial charge in [0.1, 0.15) is 24.6 Å². The van der Waals surface area contributed by atoms with Crippen molar-refractivity contribution in [2.45, 2.75) is 57.3 Å². The van der Waals surface area contributed by atoms with E-state index < -0.39 is 5.97 Å². The van der Waals surface area contributed by atoms with Gasteiger partial charge in [0, 0.05) is 49.2 Å². The van der Waals surface area contributed by atoms with Gasteiger partial charge in [-0.05, 0) is 84.3 Å². The summed E-state index contributed by atoms with van der Waals surface area (Å²) in [5.41, 5.74) is 5.57. The average molecular weight is 713 g/mol. The third-order valence-corrected chi connectivity index (χ3v) is 8.91. The Bertz CT molecular complexity index is 1760. The number of esters is 1. The lowest BCUT2D eigenvalue weighted by Gasteiger charge is -2.10. The second-order valence-electron chi connectivity index (χ2n) is 13.0. The van der Waals surface area contributed by atoms with Gasteiger partial charge >= 0.3 is 5.97 Å². The van der Waals surface area contributed by atoms with E-state index in [1.54, 1.807) is 18.3 Å². The molecule has 2 saturated heterocycles. The quantitative estimate of drug-likeness (QED) is 0.0220. The van der Waals surface area contributed by atoms with Crippen LogP contribution >= 0.6 is 0 Å². The highest BCUT2D eigenvalue weighted by atomic mass is 17.2. The van der Waals surface area contributed by atoms with Crippen LogP contribution in [-0.2, 0) is 30.4 Å². The summed E-state index contributed by atoms with van der Waals surface area (Å²) in [5, 5.41) is 0. The molecule has 2 aromatic carbocycles. The number of benzene rings is 2. The molecule has 0 spiro atoms. The number of aromatic nitrogens is 2. The summed E-state index contributed by atoms with van der Waals surface area (Å²) < 4.78 is 38.5. The Morgan fingerprint density at radius 1 is 0.712 bits per heavy atom. The Morgan fingerprint density at radius 3 is 1.87 bits per heavy atom. The van der Waals surface area contributed by atoms with E-state index in [1.165, 1.54) is 6.20 Å². The van der Waals surface area contributed by atoms with Gasteiger partial charge in [0.05, 0.1) is 45.2 Å². The molecule has 0 N–H and O–H groups in total. The molecule has 52 heavy (non-hydrogen) atoms. The molecule has 3 aliphatic rings. The normalized spacial score (nSPS) is 18.0. The minimum atomic E-state index is -0.485. The number of nitrogens with zero attached hydrogens (tertiary/aromatic N) is 2. The molecule has 4 aromatic rings. The predicted molar refractivity (Wildman–Crippen MR) is 189 cm³/mol. The minimum Gasteiger partial charge on any atom is -0.478 e. The Kier molecular flexibility index (Phi) is 12.2. The highest BCUT2D eigenvalue weighted by molar-refractivity contribution is 5.91. The van der Waals surface area contributed by atoms with Crippen LogP contribution in [0.5, 0.6) is 23.3 Å². The smallest absolute Gasteiger partial charge is 0.345 e. The zero-order valence-electron chi connectivity index (χ0n) is 29.3. The van der Waals surface area contributed by atoms with Crippen molar-refractivity contribution in [3.05, 3.63) is 95.3 Å². The molecule has 7 rings (SSSR count). The van der Waals surface area contributed by atoms with Crippen molar-refractivity contribution in [2.24, 2.45) is 0 Å². The predicted octanol–water partition coefficient (Wildman–Crippen LogP) is 6.49. The largest absolute Gasteiger partial charge is 0.478 e. The Morgan fingerprint density at radius 2 is 1.29 bits per heavy atom. The lowest BCUT2D eigenvalue weighted by molar-refractivity contribution is -0.217. The van der Waals surface area contributed by atoms with Crippen LogP contribution in [0, 0.1) is 0 Å². The topological polar surface area (TPSA) is 133 Å². The second-order valence-corrected chi connectivity index (χ2v) is 13.0. The molecule has 2 aromatic heterocycles. The van der Waals surface area contributed by atoms with Crippen LogP contribution in [0.4, 0.5) is 0 Å². The zero-order valence-corrected chi connectivity index (χ0v) is 29.3. The van der Waals surface area contributed by atoms with E-state index in [9.17, 15) is 4.79 Å². The first-order valence-corrected chi connectivity index (χ1v) is 17.9. The van der Waals surface area contributed by atoms with E-state index in [0.717, 1.165) is 66.7 Å². The monoisotopic (exact) mass is 712 g/mol. The van der Waals surface area contributed by atoms with Crippen molar-refractivity contribution >= 4 is 5.97 Å². The second kappa shape index (κ2) is 17.8. The lowest BCUT2D eigenvalue weighted by atomic mass is 9.99. The summed E-state index contributed by atoms with van der Waals surface area (Å²) in [6.45, 7) is 7.81. The molecule has 274 valence electrons. The van der Waals surface area contributed by atoms with Crippen LogP contribution in [0.2, 0.25) is 0 Å². The molecule has 4 heterocycles. The Hall–Kier alpha value is -4.59. The van der Waals surface area contributed by atoms with E-state index in [0.29, 0.717) is 74.6 Å². The summed E-state index contributed by atoms with van der Waals surface area (Å²) in [4.78, 5) is 32.8. The summed E-state index contributed by atoms with van der Waals surface area (Å²) in [6, 6.07) is 18.7. The number of ether oxygens (including phenoxy) is 7. The summed E-state index contributed by atoms with van der Waals surface area (Å²) in [7, 11) is 0. The van der Waals surface area contributed by atoms with Gasteiger partial charge in [0.25, 0.3) is 0 Å². The third kappa shape index (κ3) is 10.3. The number of rotatable bonds is 22. The van der Waals surface area contributed by atoms with Gasteiger partial charge in [-0.3, -0.25) is 0 Å². The molecule has 3 atom stereocenters. The first-order valence-electron chi connectivity index (χ1n) is 17.9. The number of hydrogen-bond acceptors (Lipinski definition) is 12. The van der Waals surface area contributed by atoms with Crippen LogP contribution in [0.15, 0.2) is 73.1 Å². The van der Waals surface area contributed by atoms with Gasteiger partial charge in [-0.2, -0.15) is 4.89 Å². The number of epoxide rings is 2. The van der Waals surface area contributed by atoms with Crippen LogP contribution in [0.3, 0.4) is 0 Å². The molecule has 0 radical (unpaired) electrons. The number of unbranched alkanes of at least 4 members (excludes halogenated alkanes) is 2. The number of carbonyl (C=O) groups excluding carboxylic acids is 1. The Balaban J connectivity index is 0.826. The fourth-order valence-corrected chi connectivity index (χ4v) is 5.80. The van der Waals surface area contributed by atoms with Crippen LogP contribution in [0.25, 0.3) is 11.1 Å². The van der Waals surface area contributed by atoms with Gasteiger partial charge in [-0.25, -0.2) is 14.8 Å². The maximum absolute atomic E-state index is 12.9. The summed E-state index contributed by atoms with van der Waals surface area (Å²) in [5.74, 6) is 1.67. The first-order chi connectivity index (χ1) is 25.6. The molecule has 3 unspecified atom stereocenters. The van der Waals surface area contributed by atoms with Crippen molar-refractivity contribution in [3.63, 3.8) is 0 Å². The summed E-state index contributed by atoms with van der Waals surface area (Å²) >= 11 is 0. The molecule has 0 bridgehead atoms. The van der Waals surface area contributed by atoms with Crippen LogP contribution in [0.1, 0.15) is 65.6 Å². The molecule has 0 saturated carbocycles. The molecule has 12 nitrogen and oxygen atoms in total. The molecule has 2 aliphatic heterocycles. The molecular weight excluding hydrogens is 668 g/mol. The standard InChI is InChI=1S/C40H44N2O10/c1-27-36-18-30(51-40(43)29-7-13-39(42-21-29)47-17-5-3-15-45-24-33-26-49-33)8-10-34(36)35-11-9-31(19-37(27)35)52-50-22-28-6-12-38(41-20-28)46-16-4-2-14-44-23-32-25-48-32/h6-13,18-21,27,32-33H,2-5,14-17,22-26H2,1H3. The number of carbonyl (C=O) groups is 1. The molecule has 1 aliphatic carbocycles. The first kappa shape index (κ1) is 35.8. The highest BCUT2D eigenvalue weighted by Crippen LogP contribution is 2.47.